The maximum atomic E-state index is 12.1. The number of amides is 1. The predicted molar refractivity (Wildman–Crippen MR) is 78.9 cm³/mol. The van der Waals surface area contributed by atoms with E-state index in [-0.39, 0.29) is 11.6 Å². The molecule has 1 amide bonds. The van der Waals surface area contributed by atoms with E-state index in [0.29, 0.717) is 13.1 Å². The van der Waals surface area contributed by atoms with Gasteiger partial charge in [0.2, 0.25) is 0 Å². The van der Waals surface area contributed by atoms with Gasteiger partial charge in [0, 0.05) is 16.9 Å². The van der Waals surface area contributed by atoms with Crippen molar-refractivity contribution in [3.8, 4) is 0 Å². The van der Waals surface area contributed by atoms with Crippen molar-refractivity contribution in [2.75, 3.05) is 11.9 Å². The molecule has 6 nitrogen and oxygen atoms in total. The topological polar surface area (TPSA) is 85.8 Å². The molecule has 0 aliphatic heterocycles. The van der Waals surface area contributed by atoms with Crippen LogP contribution in [0.5, 0.6) is 0 Å². The first kappa shape index (κ1) is 12.8. The van der Waals surface area contributed by atoms with Gasteiger partial charge in [-0.3, -0.25) is 9.48 Å². The zero-order valence-electron chi connectivity index (χ0n) is 10.6. The molecule has 7 heteroatoms. The van der Waals surface area contributed by atoms with E-state index in [2.05, 4.69) is 15.6 Å². The number of carbonyl (C=O) groups is 1. The molecule has 0 bridgehead atoms. The van der Waals surface area contributed by atoms with Crippen molar-refractivity contribution in [3.05, 3.63) is 41.5 Å². The number of hydrogen-bond donors (Lipinski definition) is 2. The molecule has 3 rings (SSSR count). The standard InChI is InChI=1S/C13H13N5OS/c14-4-5-18-8-11(16-17-18)13(19)15-10-1-2-12-9(7-10)3-6-20-12/h1-3,6-8H,4-5,14H2,(H,15,19). The molecule has 102 valence electrons. The van der Waals surface area contributed by atoms with Gasteiger partial charge in [-0.05, 0) is 35.0 Å². The van der Waals surface area contributed by atoms with Crippen molar-refractivity contribution >= 4 is 33.0 Å². The lowest BCUT2D eigenvalue weighted by Crippen LogP contribution is -2.12. The summed E-state index contributed by atoms with van der Waals surface area (Å²) in [6.45, 7) is 1.00. The highest BCUT2D eigenvalue weighted by atomic mass is 32.1. The van der Waals surface area contributed by atoms with Gasteiger partial charge in [-0.15, -0.1) is 16.4 Å². The SMILES string of the molecule is NCCn1cc(C(=O)Nc2ccc3sccc3c2)nn1. The van der Waals surface area contributed by atoms with Crippen LogP contribution in [0.3, 0.4) is 0 Å². The fraction of sp³-hybridized carbons (Fsp3) is 0.154. The third kappa shape index (κ3) is 2.54. The molecule has 20 heavy (non-hydrogen) atoms. The molecule has 0 saturated heterocycles. The number of fused-ring (bicyclic) bond motifs is 1. The molecular weight excluding hydrogens is 274 g/mol. The Morgan fingerprint density at radius 1 is 1.40 bits per heavy atom. The highest BCUT2D eigenvalue weighted by molar-refractivity contribution is 7.17. The number of anilines is 1. The highest BCUT2D eigenvalue weighted by Gasteiger charge is 2.11. The van der Waals surface area contributed by atoms with Crippen molar-refractivity contribution in [1.29, 1.82) is 0 Å². The van der Waals surface area contributed by atoms with Crippen molar-refractivity contribution in [2.24, 2.45) is 5.73 Å². The Balaban J connectivity index is 1.76. The Bertz CT molecular complexity index is 748. The molecule has 0 unspecified atom stereocenters. The van der Waals surface area contributed by atoms with Gasteiger partial charge in [-0.25, -0.2) is 0 Å². The number of hydrogen-bond acceptors (Lipinski definition) is 5. The minimum Gasteiger partial charge on any atom is -0.329 e. The van der Waals surface area contributed by atoms with Gasteiger partial charge in [-0.2, -0.15) is 0 Å². The molecule has 2 aromatic heterocycles. The van der Waals surface area contributed by atoms with E-state index in [9.17, 15) is 4.79 Å². The maximum Gasteiger partial charge on any atom is 0.277 e. The molecule has 0 fully saturated rings. The third-order valence-electron chi connectivity index (χ3n) is 2.84. The van der Waals surface area contributed by atoms with Crippen LogP contribution in [0.2, 0.25) is 0 Å². The van der Waals surface area contributed by atoms with E-state index in [1.165, 1.54) is 4.70 Å². The summed E-state index contributed by atoms with van der Waals surface area (Å²) in [5.74, 6) is -0.275. The van der Waals surface area contributed by atoms with Gasteiger partial charge in [0.25, 0.3) is 5.91 Å². The van der Waals surface area contributed by atoms with Crippen molar-refractivity contribution in [1.82, 2.24) is 15.0 Å². The fourth-order valence-corrected chi connectivity index (χ4v) is 2.65. The van der Waals surface area contributed by atoms with E-state index in [0.717, 1.165) is 11.1 Å². The first-order chi connectivity index (χ1) is 9.76. The Kier molecular flexibility index (Phi) is 3.44. The molecular formula is C13H13N5OS. The van der Waals surface area contributed by atoms with E-state index < -0.39 is 0 Å². The zero-order valence-corrected chi connectivity index (χ0v) is 11.4. The van der Waals surface area contributed by atoms with Crippen LogP contribution in [-0.2, 0) is 6.54 Å². The van der Waals surface area contributed by atoms with Gasteiger partial charge >= 0.3 is 0 Å². The van der Waals surface area contributed by atoms with Crippen LogP contribution in [0.1, 0.15) is 10.5 Å². The number of nitrogens with one attached hydrogen (secondary N) is 1. The summed E-state index contributed by atoms with van der Waals surface area (Å²) in [7, 11) is 0. The smallest absolute Gasteiger partial charge is 0.277 e. The Morgan fingerprint density at radius 2 is 2.30 bits per heavy atom. The lowest BCUT2D eigenvalue weighted by Gasteiger charge is -2.02. The van der Waals surface area contributed by atoms with Gasteiger partial charge in [-0.1, -0.05) is 5.21 Å². The average Bonchev–Trinajstić information content (AvgIpc) is 3.07. The average molecular weight is 287 g/mol. The summed E-state index contributed by atoms with van der Waals surface area (Å²) in [6.07, 6.45) is 1.59. The molecule has 3 aromatic rings. The quantitative estimate of drug-likeness (QED) is 0.764. The lowest BCUT2D eigenvalue weighted by atomic mass is 10.2. The molecule has 1 aromatic carbocycles. The van der Waals surface area contributed by atoms with Crippen LogP contribution in [0.4, 0.5) is 5.69 Å². The monoisotopic (exact) mass is 287 g/mol. The second kappa shape index (κ2) is 5.40. The van der Waals surface area contributed by atoms with E-state index >= 15 is 0 Å². The largest absolute Gasteiger partial charge is 0.329 e. The van der Waals surface area contributed by atoms with Crippen LogP contribution >= 0.6 is 11.3 Å². The number of nitrogens with two attached hydrogens (primary N) is 1. The summed E-state index contributed by atoms with van der Waals surface area (Å²) >= 11 is 1.67. The van der Waals surface area contributed by atoms with Crippen LogP contribution in [0.25, 0.3) is 10.1 Å². The van der Waals surface area contributed by atoms with Crippen LogP contribution in [0.15, 0.2) is 35.8 Å². The number of carbonyl (C=O) groups excluding carboxylic acids is 1. The number of aromatic nitrogens is 3. The Morgan fingerprint density at radius 3 is 3.15 bits per heavy atom. The van der Waals surface area contributed by atoms with Crippen molar-refractivity contribution in [3.63, 3.8) is 0 Å². The minimum absolute atomic E-state index is 0.275. The zero-order chi connectivity index (χ0) is 13.9. The summed E-state index contributed by atoms with van der Waals surface area (Å²) in [5, 5.41) is 13.6. The van der Waals surface area contributed by atoms with Gasteiger partial charge in [0.15, 0.2) is 5.69 Å². The normalized spacial score (nSPS) is 10.8. The second-order valence-electron chi connectivity index (χ2n) is 4.28. The maximum absolute atomic E-state index is 12.1. The van der Waals surface area contributed by atoms with Crippen LogP contribution < -0.4 is 11.1 Å². The summed E-state index contributed by atoms with van der Waals surface area (Å²) in [4.78, 5) is 12.1. The van der Waals surface area contributed by atoms with Gasteiger partial charge < -0.3 is 11.1 Å². The summed E-state index contributed by atoms with van der Waals surface area (Å²) < 4.78 is 2.74. The van der Waals surface area contributed by atoms with Gasteiger partial charge in [0.05, 0.1) is 12.7 Å². The first-order valence-corrected chi connectivity index (χ1v) is 7.03. The molecule has 0 radical (unpaired) electrons. The molecule has 2 heterocycles. The molecule has 0 atom stereocenters. The predicted octanol–water partition coefficient (Wildman–Crippen LogP) is 1.70. The van der Waals surface area contributed by atoms with E-state index in [1.807, 2.05) is 29.6 Å². The number of nitrogens with zero attached hydrogens (tertiary/aromatic N) is 3. The molecule has 0 aliphatic carbocycles. The lowest BCUT2D eigenvalue weighted by molar-refractivity contribution is 0.102. The van der Waals surface area contributed by atoms with Crippen molar-refractivity contribution < 1.29 is 4.79 Å². The van der Waals surface area contributed by atoms with Crippen LogP contribution in [-0.4, -0.2) is 27.4 Å². The minimum atomic E-state index is -0.275. The molecule has 0 aliphatic rings. The van der Waals surface area contributed by atoms with Crippen LogP contribution in [0, 0.1) is 0 Å². The second-order valence-corrected chi connectivity index (χ2v) is 5.23. The fourth-order valence-electron chi connectivity index (χ4n) is 1.88. The van der Waals surface area contributed by atoms with Crippen molar-refractivity contribution in [2.45, 2.75) is 6.54 Å². The number of thiophene rings is 1. The summed E-state index contributed by atoms with van der Waals surface area (Å²) in [5.41, 5.74) is 6.45. The molecule has 0 spiro atoms. The molecule has 0 saturated carbocycles. The van der Waals surface area contributed by atoms with E-state index in [4.69, 9.17) is 5.73 Å². The number of benzene rings is 1. The Hall–Kier alpha value is -2.25. The third-order valence-corrected chi connectivity index (χ3v) is 3.74. The highest BCUT2D eigenvalue weighted by Crippen LogP contribution is 2.24. The van der Waals surface area contributed by atoms with Gasteiger partial charge in [0.1, 0.15) is 0 Å². The number of rotatable bonds is 4. The first-order valence-electron chi connectivity index (χ1n) is 6.15. The Labute approximate surface area is 119 Å². The van der Waals surface area contributed by atoms with E-state index in [1.54, 1.807) is 22.2 Å². The molecule has 3 N–H and O–H groups in total. The summed E-state index contributed by atoms with van der Waals surface area (Å²) in [6, 6.07) is 7.82.